The van der Waals surface area contributed by atoms with Gasteiger partial charge in [0.1, 0.15) is 0 Å². The summed E-state index contributed by atoms with van der Waals surface area (Å²) in [5, 5.41) is 2.86. The van der Waals surface area contributed by atoms with Crippen molar-refractivity contribution in [1.29, 1.82) is 0 Å². The SMILES string of the molecule is CCNCCOCCOCC1CCN(S(=O)(=O)C(C)C)CC1. The van der Waals surface area contributed by atoms with Crippen LogP contribution >= 0.6 is 0 Å². The zero-order chi connectivity index (χ0) is 16.4. The highest BCUT2D eigenvalue weighted by atomic mass is 32.2. The molecule has 0 spiro atoms. The Kier molecular flexibility index (Phi) is 9.51. The molecular formula is C15H32N2O4S. The van der Waals surface area contributed by atoms with Crippen molar-refractivity contribution in [1.82, 2.24) is 9.62 Å². The number of sulfonamides is 1. The molecule has 1 fully saturated rings. The molecule has 0 aromatic carbocycles. The third-order valence-corrected chi connectivity index (χ3v) is 6.20. The first-order chi connectivity index (χ1) is 10.5. The van der Waals surface area contributed by atoms with Crippen molar-refractivity contribution in [3.8, 4) is 0 Å². The minimum Gasteiger partial charge on any atom is -0.379 e. The molecule has 0 saturated carbocycles. The van der Waals surface area contributed by atoms with Gasteiger partial charge >= 0.3 is 0 Å². The maximum atomic E-state index is 12.1. The monoisotopic (exact) mass is 336 g/mol. The highest BCUT2D eigenvalue weighted by Crippen LogP contribution is 2.21. The van der Waals surface area contributed by atoms with Gasteiger partial charge < -0.3 is 14.8 Å². The zero-order valence-electron chi connectivity index (χ0n) is 14.2. The van der Waals surface area contributed by atoms with Crippen LogP contribution in [0.4, 0.5) is 0 Å². The minimum absolute atomic E-state index is 0.334. The number of nitrogens with one attached hydrogen (secondary N) is 1. The second kappa shape index (κ2) is 10.5. The van der Waals surface area contributed by atoms with E-state index in [-0.39, 0.29) is 5.25 Å². The number of likely N-dealkylation sites (N-methyl/N-ethyl adjacent to an activating group) is 1. The number of ether oxygens (including phenoxy) is 2. The summed E-state index contributed by atoms with van der Waals surface area (Å²) >= 11 is 0. The third-order valence-electron chi connectivity index (χ3n) is 3.93. The molecule has 1 saturated heterocycles. The van der Waals surface area contributed by atoms with Gasteiger partial charge in [0, 0.05) is 26.2 Å². The molecule has 0 unspecified atom stereocenters. The fourth-order valence-corrected chi connectivity index (χ4v) is 3.74. The van der Waals surface area contributed by atoms with Crippen LogP contribution < -0.4 is 5.32 Å². The number of nitrogens with zero attached hydrogens (tertiary/aromatic N) is 1. The van der Waals surface area contributed by atoms with Gasteiger partial charge in [-0.05, 0) is 39.2 Å². The zero-order valence-corrected chi connectivity index (χ0v) is 15.0. The molecule has 22 heavy (non-hydrogen) atoms. The fourth-order valence-electron chi connectivity index (χ4n) is 2.42. The van der Waals surface area contributed by atoms with E-state index in [0.717, 1.165) is 25.9 Å². The Labute approximate surface area is 135 Å². The van der Waals surface area contributed by atoms with Crippen LogP contribution in [0.5, 0.6) is 0 Å². The molecule has 1 heterocycles. The van der Waals surface area contributed by atoms with E-state index < -0.39 is 10.0 Å². The van der Waals surface area contributed by atoms with Crippen molar-refractivity contribution >= 4 is 10.0 Å². The van der Waals surface area contributed by atoms with Crippen LogP contribution in [0, 0.1) is 5.92 Å². The number of hydrogen-bond acceptors (Lipinski definition) is 5. The normalized spacial score (nSPS) is 18.2. The Morgan fingerprint density at radius 3 is 2.36 bits per heavy atom. The summed E-state index contributed by atoms with van der Waals surface area (Å²) in [4.78, 5) is 0. The second-order valence-electron chi connectivity index (χ2n) is 5.98. The van der Waals surface area contributed by atoms with Gasteiger partial charge in [0.25, 0.3) is 0 Å². The standard InChI is InChI=1S/C15H32N2O4S/c1-4-16-7-10-20-11-12-21-13-15-5-8-17(9-6-15)22(18,19)14(2)3/h14-16H,4-13H2,1-3H3. The van der Waals surface area contributed by atoms with Crippen molar-refractivity contribution in [2.75, 3.05) is 52.6 Å². The van der Waals surface area contributed by atoms with Gasteiger partial charge in [-0.1, -0.05) is 6.92 Å². The van der Waals surface area contributed by atoms with Crippen LogP contribution in [-0.2, 0) is 19.5 Å². The van der Waals surface area contributed by atoms with Gasteiger partial charge in [0.2, 0.25) is 10.0 Å². The Bertz CT molecular complexity index is 379. The van der Waals surface area contributed by atoms with Gasteiger partial charge in [-0.25, -0.2) is 12.7 Å². The molecule has 0 amide bonds. The highest BCUT2D eigenvalue weighted by molar-refractivity contribution is 7.89. The van der Waals surface area contributed by atoms with E-state index in [2.05, 4.69) is 12.2 Å². The van der Waals surface area contributed by atoms with Gasteiger partial charge in [-0.15, -0.1) is 0 Å². The summed E-state index contributed by atoms with van der Waals surface area (Å²) in [6, 6.07) is 0. The Balaban J connectivity index is 2.06. The fraction of sp³-hybridized carbons (Fsp3) is 1.00. The molecule has 132 valence electrons. The van der Waals surface area contributed by atoms with Gasteiger partial charge in [-0.3, -0.25) is 0 Å². The topological polar surface area (TPSA) is 67.9 Å². The van der Waals surface area contributed by atoms with Crippen LogP contribution in [0.25, 0.3) is 0 Å². The van der Waals surface area contributed by atoms with Crippen molar-refractivity contribution in [3.63, 3.8) is 0 Å². The van der Waals surface area contributed by atoms with Gasteiger partial charge in [-0.2, -0.15) is 0 Å². The average Bonchev–Trinajstić information content (AvgIpc) is 2.50. The lowest BCUT2D eigenvalue weighted by atomic mass is 9.99. The van der Waals surface area contributed by atoms with E-state index in [1.165, 1.54) is 0 Å². The highest BCUT2D eigenvalue weighted by Gasteiger charge is 2.29. The summed E-state index contributed by atoms with van der Waals surface area (Å²) in [6.45, 7) is 11.3. The lowest BCUT2D eigenvalue weighted by Crippen LogP contribution is -2.42. The van der Waals surface area contributed by atoms with Crippen LogP contribution in [0.2, 0.25) is 0 Å². The average molecular weight is 336 g/mol. The Hall–Kier alpha value is -0.210. The van der Waals surface area contributed by atoms with Crippen LogP contribution in [-0.4, -0.2) is 70.6 Å². The molecule has 1 aliphatic heterocycles. The van der Waals surface area contributed by atoms with Crippen molar-refractivity contribution in [2.45, 2.75) is 38.9 Å². The van der Waals surface area contributed by atoms with E-state index in [1.807, 2.05) is 0 Å². The maximum absolute atomic E-state index is 12.1. The number of hydrogen-bond donors (Lipinski definition) is 1. The van der Waals surface area contributed by atoms with Crippen molar-refractivity contribution < 1.29 is 17.9 Å². The molecular weight excluding hydrogens is 304 g/mol. The lowest BCUT2D eigenvalue weighted by molar-refractivity contribution is 0.0267. The summed E-state index contributed by atoms with van der Waals surface area (Å²) in [7, 11) is -3.10. The molecule has 7 heteroatoms. The first-order valence-electron chi connectivity index (χ1n) is 8.33. The molecule has 0 aliphatic carbocycles. The van der Waals surface area contributed by atoms with Crippen molar-refractivity contribution in [2.24, 2.45) is 5.92 Å². The van der Waals surface area contributed by atoms with Crippen molar-refractivity contribution in [3.05, 3.63) is 0 Å². The molecule has 1 aliphatic rings. The molecule has 0 aromatic heterocycles. The third kappa shape index (κ3) is 6.91. The van der Waals surface area contributed by atoms with E-state index >= 15 is 0 Å². The number of rotatable bonds is 11. The van der Waals surface area contributed by atoms with E-state index in [1.54, 1.807) is 18.2 Å². The number of piperidine rings is 1. The maximum Gasteiger partial charge on any atom is 0.216 e. The van der Waals surface area contributed by atoms with Crippen LogP contribution in [0.15, 0.2) is 0 Å². The molecule has 1 rings (SSSR count). The quantitative estimate of drug-likeness (QED) is 0.572. The predicted molar refractivity (Wildman–Crippen MR) is 88.5 cm³/mol. The van der Waals surface area contributed by atoms with E-state index in [9.17, 15) is 8.42 Å². The lowest BCUT2D eigenvalue weighted by Gasteiger charge is -2.32. The van der Waals surface area contributed by atoms with E-state index in [0.29, 0.717) is 45.4 Å². The molecule has 0 atom stereocenters. The van der Waals surface area contributed by atoms with Crippen LogP contribution in [0.1, 0.15) is 33.6 Å². The summed E-state index contributed by atoms with van der Waals surface area (Å²) < 4.78 is 36.8. The second-order valence-corrected chi connectivity index (χ2v) is 8.47. The Morgan fingerprint density at radius 2 is 1.77 bits per heavy atom. The first kappa shape index (κ1) is 19.8. The summed E-state index contributed by atoms with van der Waals surface area (Å²) in [6.07, 6.45) is 1.76. The summed E-state index contributed by atoms with van der Waals surface area (Å²) in [5.41, 5.74) is 0. The molecule has 0 radical (unpaired) electrons. The smallest absolute Gasteiger partial charge is 0.216 e. The largest absolute Gasteiger partial charge is 0.379 e. The molecule has 1 N–H and O–H groups in total. The van der Waals surface area contributed by atoms with Crippen LogP contribution in [0.3, 0.4) is 0 Å². The summed E-state index contributed by atoms with van der Waals surface area (Å²) in [5.74, 6) is 0.459. The van der Waals surface area contributed by atoms with Gasteiger partial charge in [0.15, 0.2) is 0 Å². The predicted octanol–water partition coefficient (Wildman–Crippen LogP) is 1.08. The van der Waals surface area contributed by atoms with E-state index in [4.69, 9.17) is 9.47 Å². The molecule has 6 nitrogen and oxygen atoms in total. The molecule has 0 bridgehead atoms. The molecule has 0 aromatic rings. The minimum atomic E-state index is -3.10. The Morgan fingerprint density at radius 1 is 1.14 bits per heavy atom. The van der Waals surface area contributed by atoms with Gasteiger partial charge in [0.05, 0.1) is 25.1 Å². The first-order valence-corrected chi connectivity index (χ1v) is 9.84.